The number of nitrogens with one attached hydrogen (secondary N) is 1. The van der Waals surface area contributed by atoms with Gasteiger partial charge in [-0.05, 0) is 37.5 Å². The highest BCUT2D eigenvalue weighted by Crippen LogP contribution is 2.31. The normalized spacial score (nSPS) is 23.8. The van der Waals surface area contributed by atoms with E-state index in [0.717, 1.165) is 19.3 Å². The van der Waals surface area contributed by atoms with Crippen molar-refractivity contribution in [1.29, 1.82) is 0 Å². The van der Waals surface area contributed by atoms with Crippen LogP contribution in [0.1, 0.15) is 19.3 Å². The number of carbonyl (C=O) groups is 1. The molecule has 118 valence electrons. The monoisotopic (exact) mass is 340 g/mol. The summed E-state index contributed by atoms with van der Waals surface area (Å²) in [6.07, 6.45) is 6.91. The van der Waals surface area contributed by atoms with Crippen LogP contribution < -0.4 is 4.72 Å². The first kappa shape index (κ1) is 15.5. The lowest BCUT2D eigenvalue weighted by molar-refractivity contribution is -0.132. The fourth-order valence-corrected chi connectivity index (χ4v) is 4.35. The summed E-state index contributed by atoms with van der Waals surface area (Å²) in [5.74, 6) is -0.178. The fraction of sp³-hybridized carbons (Fsp3) is 0.400. The highest BCUT2D eigenvalue weighted by molar-refractivity contribution is 7.89. The Labute approximate surface area is 135 Å². The molecule has 1 aromatic rings. The first-order chi connectivity index (χ1) is 10.5. The number of fused-ring (bicyclic) bond motifs is 2. The van der Waals surface area contributed by atoms with Gasteiger partial charge < -0.3 is 4.90 Å². The number of carbonyl (C=O) groups excluding carboxylic acids is 1. The van der Waals surface area contributed by atoms with Gasteiger partial charge in [0.25, 0.3) is 0 Å². The average Bonchev–Trinajstić information content (AvgIpc) is 2.74. The highest BCUT2D eigenvalue weighted by Gasteiger charge is 2.37. The molecule has 7 heteroatoms. The largest absolute Gasteiger partial charge is 0.332 e. The third kappa shape index (κ3) is 3.04. The summed E-state index contributed by atoms with van der Waals surface area (Å²) in [6.45, 7) is -0.227. The van der Waals surface area contributed by atoms with Crippen molar-refractivity contribution in [1.82, 2.24) is 9.62 Å². The second-order valence-electron chi connectivity index (χ2n) is 5.55. The quantitative estimate of drug-likeness (QED) is 0.852. The number of rotatable bonds is 4. The van der Waals surface area contributed by atoms with E-state index in [0.29, 0.717) is 5.02 Å². The van der Waals surface area contributed by atoms with Crippen molar-refractivity contribution in [2.24, 2.45) is 0 Å². The predicted molar refractivity (Wildman–Crippen MR) is 84.1 cm³/mol. The van der Waals surface area contributed by atoms with Gasteiger partial charge in [-0.1, -0.05) is 29.8 Å². The average molecular weight is 341 g/mol. The molecule has 2 heterocycles. The zero-order chi connectivity index (χ0) is 15.7. The van der Waals surface area contributed by atoms with Crippen molar-refractivity contribution >= 4 is 27.5 Å². The van der Waals surface area contributed by atoms with E-state index in [4.69, 9.17) is 11.6 Å². The van der Waals surface area contributed by atoms with Gasteiger partial charge in [0.15, 0.2) is 0 Å². The minimum Gasteiger partial charge on any atom is -0.332 e. The summed E-state index contributed by atoms with van der Waals surface area (Å²) in [7, 11) is -3.73. The van der Waals surface area contributed by atoms with Crippen LogP contribution >= 0.6 is 11.6 Å². The molecule has 2 aliphatic rings. The van der Waals surface area contributed by atoms with Gasteiger partial charge in [-0.15, -0.1) is 0 Å². The second-order valence-corrected chi connectivity index (χ2v) is 7.75. The van der Waals surface area contributed by atoms with Crippen LogP contribution in [-0.2, 0) is 14.8 Å². The number of halogens is 1. The Bertz CT molecular complexity index is 717. The molecule has 0 aromatic heterocycles. The number of hydrogen-bond donors (Lipinski definition) is 1. The third-order valence-corrected chi connectivity index (χ3v) is 5.75. The molecule has 0 saturated carbocycles. The fourth-order valence-electron chi connectivity index (χ4n) is 3.08. The topological polar surface area (TPSA) is 66.5 Å². The standard InChI is InChI=1S/C15H17ClN2O3S/c16-11-3-1-6-14(9-11)22(20,21)17-10-15(19)18-12-4-2-5-13(18)8-7-12/h1-4,6,9,12-13,17H,5,7-8,10H2. The second kappa shape index (κ2) is 6.02. The van der Waals surface area contributed by atoms with Crippen LogP contribution in [0.4, 0.5) is 0 Å². The molecule has 2 aliphatic heterocycles. The number of hydrogen-bond acceptors (Lipinski definition) is 3. The molecule has 0 aliphatic carbocycles. The summed E-state index contributed by atoms with van der Waals surface area (Å²) in [6, 6.07) is 6.30. The SMILES string of the molecule is O=C(CNS(=O)(=O)c1cccc(Cl)c1)N1C2C=CCC1CC2. The lowest BCUT2D eigenvalue weighted by Gasteiger charge is -2.31. The minimum absolute atomic E-state index is 0.0642. The van der Waals surface area contributed by atoms with Crippen LogP contribution in [0.2, 0.25) is 5.02 Å². The van der Waals surface area contributed by atoms with Crippen LogP contribution in [-0.4, -0.2) is 37.9 Å². The highest BCUT2D eigenvalue weighted by atomic mass is 35.5. The van der Waals surface area contributed by atoms with E-state index in [9.17, 15) is 13.2 Å². The molecule has 22 heavy (non-hydrogen) atoms. The van der Waals surface area contributed by atoms with E-state index in [2.05, 4.69) is 10.8 Å². The van der Waals surface area contributed by atoms with Crippen molar-refractivity contribution in [2.45, 2.75) is 36.2 Å². The van der Waals surface area contributed by atoms with Crippen molar-refractivity contribution < 1.29 is 13.2 Å². The molecule has 1 amide bonds. The summed E-state index contributed by atoms with van der Waals surface area (Å²) in [4.78, 5) is 14.2. The number of sulfonamides is 1. The molecular formula is C15H17ClN2O3S. The minimum atomic E-state index is -3.73. The van der Waals surface area contributed by atoms with Gasteiger partial charge in [-0.25, -0.2) is 13.1 Å². The third-order valence-electron chi connectivity index (χ3n) is 4.12. The Kier molecular flexibility index (Phi) is 4.25. The van der Waals surface area contributed by atoms with Crippen molar-refractivity contribution in [3.63, 3.8) is 0 Å². The van der Waals surface area contributed by atoms with Gasteiger partial charge in [-0.2, -0.15) is 0 Å². The lowest BCUT2D eigenvalue weighted by atomic mass is 10.1. The van der Waals surface area contributed by atoms with E-state index < -0.39 is 10.0 Å². The Morgan fingerprint density at radius 3 is 2.91 bits per heavy atom. The van der Waals surface area contributed by atoms with E-state index in [-0.39, 0.29) is 29.4 Å². The van der Waals surface area contributed by atoms with Crippen LogP contribution in [0.15, 0.2) is 41.3 Å². The van der Waals surface area contributed by atoms with Crippen LogP contribution in [0.25, 0.3) is 0 Å². The van der Waals surface area contributed by atoms with E-state index in [1.165, 1.54) is 12.1 Å². The molecule has 0 radical (unpaired) electrons. The zero-order valence-electron chi connectivity index (χ0n) is 11.9. The van der Waals surface area contributed by atoms with Gasteiger partial charge in [0, 0.05) is 11.1 Å². The summed E-state index contributed by atoms with van der Waals surface area (Å²) >= 11 is 5.81. The van der Waals surface area contributed by atoms with Gasteiger partial charge in [-0.3, -0.25) is 4.79 Å². The predicted octanol–water partition coefficient (Wildman–Crippen LogP) is 1.94. The van der Waals surface area contributed by atoms with Crippen LogP contribution in [0.5, 0.6) is 0 Å². The Morgan fingerprint density at radius 1 is 1.36 bits per heavy atom. The molecule has 2 unspecified atom stereocenters. The smallest absolute Gasteiger partial charge is 0.241 e. The molecule has 1 fully saturated rings. The maximum Gasteiger partial charge on any atom is 0.241 e. The molecule has 2 bridgehead atoms. The summed E-state index contributed by atoms with van der Waals surface area (Å²) < 4.78 is 26.8. The number of benzene rings is 1. The van der Waals surface area contributed by atoms with Crippen molar-refractivity contribution in [3.05, 3.63) is 41.4 Å². The van der Waals surface area contributed by atoms with Gasteiger partial charge in [0.1, 0.15) is 0 Å². The Morgan fingerprint density at radius 2 is 2.18 bits per heavy atom. The molecule has 0 spiro atoms. The van der Waals surface area contributed by atoms with Crippen LogP contribution in [0, 0.1) is 0 Å². The Balaban J connectivity index is 1.67. The lowest BCUT2D eigenvalue weighted by Crippen LogP contribution is -2.47. The molecule has 1 saturated heterocycles. The van der Waals surface area contributed by atoms with Crippen molar-refractivity contribution in [2.75, 3.05) is 6.54 Å². The summed E-state index contributed by atoms with van der Waals surface area (Å²) in [5.41, 5.74) is 0. The van der Waals surface area contributed by atoms with Crippen LogP contribution in [0.3, 0.4) is 0 Å². The molecular weight excluding hydrogens is 324 g/mol. The van der Waals surface area contributed by atoms with E-state index in [1.54, 1.807) is 17.0 Å². The first-order valence-corrected chi connectivity index (χ1v) is 9.06. The molecule has 1 N–H and O–H groups in total. The maximum absolute atomic E-state index is 12.3. The number of nitrogens with zero attached hydrogens (tertiary/aromatic N) is 1. The molecule has 1 aromatic carbocycles. The molecule has 5 nitrogen and oxygen atoms in total. The number of amides is 1. The van der Waals surface area contributed by atoms with Gasteiger partial charge >= 0.3 is 0 Å². The first-order valence-electron chi connectivity index (χ1n) is 7.20. The summed E-state index contributed by atoms with van der Waals surface area (Å²) in [5, 5.41) is 0.341. The zero-order valence-corrected chi connectivity index (χ0v) is 13.5. The Hall–Kier alpha value is -1.37. The van der Waals surface area contributed by atoms with Crippen molar-refractivity contribution in [3.8, 4) is 0 Å². The van der Waals surface area contributed by atoms with E-state index >= 15 is 0 Å². The maximum atomic E-state index is 12.3. The van der Waals surface area contributed by atoms with Gasteiger partial charge in [0.2, 0.25) is 15.9 Å². The molecule has 2 atom stereocenters. The van der Waals surface area contributed by atoms with Gasteiger partial charge in [0.05, 0.1) is 17.5 Å². The molecule has 3 rings (SSSR count). The van der Waals surface area contributed by atoms with E-state index in [1.807, 2.05) is 6.08 Å².